The molecule has 122 valence electrons. The van der Waals surface area contributed by atoms with E-state index in [0.717, 1.165) is 36.5 Å². The van der Waals surface area contributed by atoms with Crippen LogP contribution < -0.4 is 10.2 Å². The second kappa shape index (κ2) is 7.72. The van der Waals surface area contributed by atoms with Crippen LogP contribution in [0.5, 0.6) is 0 Å². The molecule has 5 nitrogen and oxygen atoms in total. The average Bonchev–Trinajstić information content (AvgIpc) is 2.54. The maximum atomic E-state index is 12.5. The Morgan fingerprint density at radius 2 is 1.96 bits per heavy atom. The van der Waals surface area contributed by atoms with Crippen molar-refractivity contribution in [1.29, 1.82) is 0 Å². The first-order valence-corrected chi connectivity index (χ1v) is 7.95. The zero-order valence-corrected chi connectivity index (χ0v) is 14.3. The number of para-hydroxylation sites is 1. The Kier molecular flexibility index (Phi) is 5.68. The standard InChI is InChI=1S/C18H24N4O/c1-5-6-11-22(4)17-12-16(19-14(3)20-17)18(23)21-15-10-8-7-9-13(15)2/h7-10,12H,5-6,11H2,1-4H3,(H,21,23). The second-order valence-electron chi connectivity index (χ2n) is 5.70. The number of hydrogen-bond donors (Lipinski definition) is 1. The van der Waals surface area contributed by atoms with Crippen LogP contribution in [0.2, 0.25) is 0 Å². The van der Waals surface area contributed by atoms with Gasteiger partial charge in [0.05, 0.1) is 0 Å². The molecule has 0 aliphatic heterocycles. The van der Waals surface area contributed by atoms with E-state index in [1.165, 1.54) is 0 Å². The Labute approximate surface area is 137 Å². The van der Waals surface area contributed by atoms with Crippen LogP contribution in [0.4, 0.5) is 11.5 Å². The molecule has 1 N–H and O–H groups in total. The van der Waals surface area contributed by atoms with E-state index in [4.69, 9.17) is 0 Å². The van der Waals surface area contributed by atoms with Gasteiger partial charge in [-0.15, -0.1) is 0 Å². The Hall–Kier alpha value is -2.43. The van der Waals surface area contributed by atoms with E-state index in [1.54, 1.807) is 6.07 Å². The fraction of sp³-hybridized carbons (Fsp3) is 0.389. The molecule has 1 aromatic carbocycles. The van der Waals surface area contributed by atoms with Crippen molar-refractivity contribution >= 4 is 17.4 Å². The minimum absolute atomic E-state index is 0.213. The zero-order valence-electron chi connectivity index (χ0n) is 14.3. The number of anilines is 2. The summed E-state index contributed by atoms with van der Waals surface area (Å²) in [6.45, 7) is 6.83. The van der Waals surface area contributed by atoms with Gasteiger partial charge in [-0.25, -0.2) is 9.97 Å². The smallest absolute Gasteiger partial charge is 0.274 e. The van der Waals surface area contributed by atoms with Gasteiger partial charge in [-0.2, -0.15) is 0 Å². The molecule has 0 radical (unpaired) electrons. The molecule has 0 aliphatic carbocycles. The van der Waals surface area contributed by atoms with Gasteiger partial charge in [0.15, 0.2) is 0 Å². The lowest BCUT2D eigenvalue weighted by Crippen LogP contribution is -2.22. The highest BCUT2D eigenvalue weighted by Crippen LogP contribution is 2.16. The largest absolute Gasteiger partial charge is 0.360 e. The molecular formula is C18H24N4O. The van der Waals surface area contributed by atoms with Crippen molar-refractivity contribution in [2.75, 3.05) is 23.8 Å². The molecule has 0 spiro atoms. The van der Waals surface area contributed by atoms with Crippen LogP contribution in [-0.4, -0.2) is 29.5 Å². The van der Waals surface area contributed by atoms with Gasteiger partial charge in [-0.3, -0.25) is 4.79 Å². The number of nitrogens with zero attached hydrogens (tertiary/aromatic N) is 3. The first-order chi connectivity index (χ1) is 11.0. The minimum Gasteiger partial charge on any atom is -0.360 e. The van der Waals surface area contributed by atoms with E-state index < -0.39 is 0 Å². The Bertz CT molecular complexity index is 684. The first-order valence-electron chi connectivity index (χ1n) is 7.95. The number of aryl methyl sites for hydroxylation is 2. The summed E-state index contributed by atoms with van der Waals surface area (Å²) in [5.74, 6) is 1.16. The van der Waals surface area contributed by atoms with Crippen LogP contribution in [0.1, 0.15) is 41.6 Å². The van der Waals surface area contributed by atoms with Gasteiger partial charge in [0, 0.05) is 25.3 Å². The maximum Gasteiger partial charge on any atom is 0.274 e. The average molecular weight is 312 g/mol. The lowest BCUT2D eigenvalue weighted by molar-refractivity contribution is 0.102. The number of hydrogen-bond acceptors (Lipinski definition) is 4. The lowest BCUT2D eigenvalue weighted by atomic mass is 10.2. The van der Waals surface area contributed by atoms with Crippen molar-refractivity contribution in [2.45, 2.75) is 33.6 Å². The molecule has 2 rings (SSSR count). The number of amides is 1. The highest BCUT2D eigenvalue weighted by atomic mass is 16.1. The Morgan fingerprint density at radius 1 is 1.22 bits per heavy atom. The molecule has 0 saturated heterocycles. The number of rotatable bonds is 6. The van der Waals surface area contributed by atoms with Crippen molar-refractivity contribution in [1.82, 2.24) is 9.97 Å². The van der Waals surface area contributed by atoms with Crippen LogP contribution in [0.3, 0.4) is 0 Å². The number of carbonyl (C=O) groups excluding carboxylic acids is 1. The number of benzene rings is 1. The molecular weight excluding hydrogens is 288 g/mol. The predicted molar refractivity (Wildman–Crippen MR) is 94.1 cm³/mol. The van der Waals surface area contributed by atoms with E-state index in [-0.39, 0.29) is 5.91 Å². The Balaban J connectivity index is 2.20. The van der Waals surface area contributed by atoms with Gasteiger partial charge in [0.1, 0.15) is 17.3 Å². The minimum atomic E-state index is -0.213. The summed E-state index contributed by atoms with van der Waals surface area (Å²) in [7, 11) is 1.99. The fourth-order valence-electron chi connectivity index (χ4n) is 2.27. The Morgan fingerprint density at radius 3 is 2.65 bits per heavy atom. The van der Waals surface area contributed by atoms with E-state index in [0.29, 0.717) is 11.5 Å². The molecule has 0 atom stereocenters. The van der Waals surface area contributed by atoms with Crippen LogP contribution in [-0.2, 0) is 0 Å². The fourth-order valence-corrected chi connectivity index (χ4v) is 2.27. The van der Waals surface area contributed by atoms with Gasteiger partial charge in [-0.05, 0) is 31.9 Å². The SMILES string of the molecule is CCCCN(C)c1cc(C(=O)Nc2ccccc2C)nc(C)n1. The molecule has 0 bridgehead atoms. The molecule has 2 aromatic rings. The van der Waals surface area contributed by atoms with Crippen molar-refractivity contribution in [2.24, 2.45) is 0 Å². The van der Waals surface area contributed by atoms with E-state index in [2.05, 4.69) is 27.1 Å². The lowest BCUT2D eigenvalue weighted by Gasteiger charge is -2.18. The maximum absolute atomic E-state index is 12.5. The van der Waals surface area contributed by atoms with Crippen molar-refractivity contribution < 1.29 is 4.79 Å². The van der Waals surface area contributed by atoms with E-state index in [9.17, 15) is 4.79 Å². The van der Waals surface area contributed by atoms with Gasteiger partial charge in [0.2, 0.25) is 0 Å². The van der Waals surface area contributed by atoms with E-state index >= 15 is 0 Å². The number of unbranched alkanes of at least 4 members (excludes halogenated alkanes) is 1. The van der Waals surface area contributed by atoms with Crippen molar-refractivity contribution in [3.05, 3.63) is 47.4 Å². The van der Waals surface area contributed by atoms with Gasteiger partial charge in [0.25, 0.3) is 5.91 Å². The van der Waals surface area contributed by atoms with Crippen molar-refractivity contribution in [3.8, 4) is 0 Å². The van der Waals surface area contributed by atoms with Crippen molar-refractivity contribution in [3.63, 3.8) is 0 Å². The molecule has 0 saturated carbocycles. The predicted octanol–water partition coefficient (Wildman–Crippen LogP) is 3.58. The highest BCUT2D eigenvalue weighted by Gasteiger charge is 2.13. The molecule has 1 heterocycles. The van der Waals surface area contributed by atoms with Gasteiger partial charge in [-0.1, -0.05) is 31.5 Å². The van der Waals surface area contributed by atoms with Crippen LogP contribution in [0.25, 0.3) is 0 Å². The number of nitrogens with one attached hydrogen (secondary N) is 1. The normalized spacial score (nSPS) is 10.4. The monoisotopic (exact) mass is 312 g/mol. The molecule has 0 unspecified atom stereocenters. The summed E-state index contributed by atoms with van der Waals surface area (Å²) in [5, 5.41) is 2.92. The summed E-state index contributed by atoms with van der Waals surface area (Å²) in [6, 6.07) is 9.44. The quantitative estimate of drug-likeness (QED) is 0.885. The summed E-state index contributed by atoms with van der Waals surface area (Å²) in [5.41, 5.74) is 2.21. The molecule has 1 aromatic heterocycles. The van der Waals surface area contributed by atoms with Crippen LogP contribution in [0.15, 0.2) is 30.3 Å². The third kappa shape index (κ3) is 4.52. The number of carbonyl (C=O) groups is 1. The molecule has 0 aliphatic rings. The summed E-state index contributed by atoms with van der Waals surface area (Å²) in [6.07, 6.45) is 2.21. The third-order valence-corrected chi connectivity index (χ3v) is 3.69. The number of aromatic nitrogens is 2. The molecule has 0 fully saturated rings. The summed E-state index contributed by atoms with van der Waals surface area (Å²) < 4.78 is 0. The molecule has 1 amide bonds. The summed E-state index contributed by atoms with van der Waals surface area (Å²) in [4.78, 5) is 23.2. The molecule has 5 heteroatoms. The summed E-state index contributed by atoms with van der Waals surface area (Å²) >= 11 is 0. The van der Waals surface area contributed by atoms with Crippen LogP contribution >= 0.6 is 0 Å². The first kappa shape index (κ1) is 16.9. The topological polar surface area (TPSA) is 58.1 Å². The second-order valence-corrected chi connectivity index (χ2v) is 5.70. The molecule has 23 heavy (non-hydrogen) atoms. The van der Waals surface area contributed by atoms with Gasteiger partial charge < -0.3 is 10.2 Å². The van der Waals surface area contributed by atoms with Gasteiger partial charge >= 0.3 is 0 Å². The zero-order chi connectivity index (χ0) is 16.8. The third-order valence-electron chi connectivity index (χ3n) is 3.69. The van der Waals surface area contributed by atoms with E-state index in [1.807, 2.05) is 45.2 Å². The highest BCUT2D eigenvalue weighted by molar-refractivity contribution is 6.03. The van der Waals surface area contributed by atoms with Crippen LogP contribution in [0, 0.1) is 13.8 Å².